The highest BCUT2D eigenvalue weighted by molar-refractivity contribution is 6.32. The first-order valence-corrected chi connectivity index (χ1v) is 8.24. The molecular formula is C18H17ClN2O5. The summed E-state index contributed by atoms with van der Waals surface area (Å²) in [5, 5.41) is 13.4. The normalized spacial score (nSPS) is 11.5. The van der Waals surface area contributed by atoms with Crippen molar-refractivity contribution in [2.45, 2.75) is 26.4 Å². The van der Waals surface area contributed by atoms with Crippen LogP contribution >= 0.6 is 11.6 Å². The largest absolute Gasteiger partial charge is 0.449 e. The Balaban J connectivity index is 2.02. The fourth-order valence-electron chi connectivity index (χ4n) is 2.13. The lowest BCUT2D eigenvalue weighted by atomic mass is 10.1. The van der Waals surface area contributed by atoms with E-state index < -0.39 is 28.6 Å². The Morgan fingerprint density at radius 3 is 2.46 bits per heavy atom. The van der Waals surface area contributed by atoms with E-state index in [1.807, 2.05) is 19.1 Å². The molecule has 1 N–H and O–H groups in total. The predicted octanol–water partition coefficient (Wildman–Crippen LogP) is 3.99. The maximum absolute atomic E-state index is 12.1. The van der Waals surface area contributed by atoms with Gasteiger partial charge in [-0.1, -0.05) is 30.7 Å². The third-order valence-electron chi connectivity index (χ3n) is 3.66. The van der Waals surface area contributed by atoms with Crippen molar-refractivity contribution >= 4 is 34.9 Å². The molecule has 0 fully saturated rings. The number of nitro benzene ring substituents is 1. The second-order valence-electron chi connectivity index (χ2n) is 5.51. The summed E-state index contributed by atoms with van der Waals surface area (Å²) in [4.78, 5) is 34.4. The van der Waals surface area contributed by atoms with Crippen LogP contribution in [0.5, 0.6) is 0 Å². The molecule has 0 aliphatic heterocycles. The number of rotatable bonds is 6. The van der Waals surface area contributed by atoms with E-state index in [1.165, 1.54) is 19.1 Å². The summed E-state index contributed by atoms with van der Waals surface area (Å²) in [5.41, 5.74) is 1.24. The number of nitrogens with zero attached hydrogens (tertiary/aromatic N) is 1. The molecule has 1 atom stereocenters. The first-order valence-electron chi connectivity index (χ1n) is 7.86. The van der Waals surface area contributed by atoms with Crippen LogP contribution in [0.2, 0.25) is 5.02 Å². The molecule has 0 saturated heterocycles. The van der Waals surface area contributed by atoms with Gasteiger partial charge in [-0.15, -0.1) is 0 Å². The summed E-state index contributed by atoms with van der Waals surface area (Å²) in [6.45, 7) is 3.44. The van der Waals surface area contributed by atoms with E-state index in [9.17, 15) is 19.7 Å². The van der Waals surface area contributed by atoms with Gasteiger partial charge in [-0.2, -0.15) is 0 Å². The summed E-state index contributed by atoms with van der Waals surface area (Å²) >= 11 is 5.71. The first-order chi connectivity index (χ1) is 12.3. The zero-order chi connectivity index (χ0) is 19.3. The maximum atomic E-state index is 12.1. The zero-order valence-electron chi connectivity index (χ0n) is 14.2. The number of hydrogen-bond donors (Lipinski definition) is 1. The number of carbonyl (C=O) groups is 2. The minimum atomic E-state index is -1.08. The van der Waals surface area contributed by atoms with Crippen LogP contribution in [0.3, 0.4) is 0 Å². The minimum Gasteiger partial charge on any atom is -0.449 e. The van der Waals surface area contributed by atoms with Gasteiger partial charge < -0.3 is 10.1 Å². The molecule has 8 heteroatoms. The highest BCUT2D eigenvalue weighted by Crippen LogP contribution is 2.25. The number of esters is 1. The number of nitro groups is 1. The number of aryl methyl sites for hydroxylation is 1. The molecule has 7 nitrogen and oxygen atoms in total. The maximum Gasteiger partial charge on any atom is 0.339 e. The Labute approximate surface area is 155 Å². The van der Waals surface area contributed by atoms with Crippen molar-refractivity contribution in [1.29, 1.82) is 0 Å². The van der Waals surface area contributed by atoms with Gasteiger partial charge in [-0.3, -0.25) is 14.9 Å². The molecule has 0 aromatic heterocycles. The average Bonchev–Trinajstić information content (AvgIpc) is 2.62. The summed E-state index contributed by atoms with van der Waals surface area (Å²) in [6, 6.07) is 10.8. The Morgan fingerprint density at radius 2 is 1.88 bits per heavy atom. The van der Waals surface area contributed by atoms with Crippen molar-refractivity contribution in [1.82, 2.24) is 0 Å². The van der Waals surface area contributed by atoms with Crippen molar-refractivity contribution in [2.75, 3.05) is 5.32 Å². The van der Waals surface area contributed by atoms with Crippen molar-refractivity contribution in [3.63, 3.8) is 0 Å². The number of carbonyl (C=O) groups excluding carboxylic acids is 2. The van der Waals surface area contributed by atoms with Gasteiger partial charge in [-0.05, 0) is 43.2 Å². The topological polar surface area (TPSA) is 98.5 Å². The Hall–Kier alpha value is -2.93. The lowest BCUT2D eigenvalue weighted by Crippen LogP contribution is -2.30. The number of ether oxygens (including phenoxy) is 1. The van der Waals surface area contributed by atoms with E-state index in [1.54, 1.807) is 12.1 Å². The van der Waals surface area contributed by atoms with Crippen LogP contribution in [-0.2, 0) is 16.0 Å². The van der Waals surface area contributed by atoms with Crippen LogP contribution in [0.4, 0.5) is 11.4 Å². The molecule has 0 saturated carbocycles. The second-order valence-corrected chi connectivity index (χ2v) is 5.92. The number of nitrogens with one attached hydrogen (secondary N) is 1. The van der Waals surface area contributed by atoms with Gasteiger partial charge in [0.1, 0.15) is 5.02 Å². The van der Waals surface area contributed by atoms with Crippen LogP contribution in [0, 0.1) is 10.1 Å². The predicted molar refractivity (Wildman–Crippen MR) is 97.4 cm³/mol. The molecule has 2 rings (SSSR count). The third kappa shape index (κ3) is 4.80. The van der Waals surface area contributed by atoms with Crippen LogP contribution in [0.25, 0.3) is 0 Å². The number of halogens is 1. The van der Waals surface area contributed by atoms with Crippen molar-refractivity contribution in [2.24, 2.45) is 0 Å². The Kier molecular flexibility index (Phi) is 6.30. The molecule has 0 radical (unpaired) electrons. The summed E-state index contributed by atoms with van der Waals surface area (Å²) < 4.78 is 5.07. The van der Waals surface area contributed by atoms with Crippen LogP contribution in [-0.4, -0.2) is 22.9 Å². The van der Waals surface area contributed by atoms with E-state index in [-0.39, 0.29) is 10.6 Å². The van der Waals surface area contributed by atoms with E-state index in [2.05, 4.69) is 5.32 Å². The molecule has 0 spiro atoms. The van der Waals surface area contributed by atoms with Crippen molar-refractivity contribution in [3.05, 3.63) is 68.7 Å². The Morgan fingerprint density at radius 1 is 1.23 bits per heavy atom. The van der Waals surface area contributed by atoms with Gasteiger partial charge in [0.2, 0.25) is 0 Å². The summed E-state index contributed by atoms with van der Waals surface area (Å²) in [7, 11) is 0. The van der Waals surface area contributed by atoms with E-state index >= 15 is 0 Å². The van der Waals surface area contributed by atoms with Crippen LogP contribution in [0.15, 0.2) is 42.5 Å². The van der Waals surface area contributed by atoms with Gasteiger partial charge >= 0.3 is 5.97 Å². The first kappa shape index (κ1) is 19.4. The lowest BCUT2D eigenvalue weighted by molar-refractivity contribution is -0.384. The molecular weight excluding hydrogens is 360 g/mol. The monoisotopic (exact) mass is 376 g/mol. The second kappa shape index (κ2) is 8.44. The molecule has 2 aromatic carbocycles. The lowest BCUT2D eigenvalue weighted by Gasteiger charge is -2.14. The molecule has 0 unspecified atom stereocenters. The van der Waals surface area contributed by atoms with Crippen LogP contribution in [0.1, 0.15) is 29.8 Å². The summed E-state index contributed by atoms with van der Waals surface area (Å²) in [5.74, 6) is -1.36. The van der Waals surface area contributed by atoms with E-state index in [4.69, 9.17) is 16.3 Å². The average molecular weight is 377 g/mol. The number of amides is 1. The fourth-order valence-corrected chi connectivity index (χ4v) is 2.32. The van der Waals surface area contributed by atoms with Gasteiger partial charge in [0.05, 0.1) is 10.5 Å². The number of hydrogen-bond acceptors (Lipinski definition) is 5. The highest BCUT2D eigenvalue weighted by Gasteiger charge is 2.22. The van der Waals surface area contributed by atoms with Gasteiger partial charge in [0.15, 0.2) is 6.10 Å². The summed E-state index contributed by atoms with van der Waals surface area (Å²) in [6.07, 6.45) is -0.196. The molecule has 0 aliphatic carbocycles. The molecule has 0 heterocycles. The smallest absolute Gasteiger partial charge is 0.339 e. The third-order valence-corrected chi connectivity index (χ3v) is 3.98. The van der Waals surface area contributed by atoms with E-state index in [0.29, 0.717) is 5.69 Å². The standard InChI is InChI=1S/C18H17ClN2O5/c1-3-12-4-7-14(8-5-12)20-17(22)11(2)26-18(23)13-6-9-15(19)16(10-13)21(24)25/h4-11H,3H2,1-2H3,(H,20,22)/t11-/m0/s1. The van der Waals surface area contributed by atoms with E-state index in [0.717, 1.165) is 18.1 Å². The highest BCUT2D eigenvalue weighted by atomic mass is 35.5. The van der Waals surface area contributed by atoms with Crippen molar-refractivity contribution in [3.8, 4) is 0 Å². The fraction of sp³-hybridized carbons (Fsp3) is 0.222. The van der Waals surface area contributed by atoms with Gasteiger partial charge in [0.25, 0.3) is 11.6 Å². The van der Waals surface area contributed by atoms with Crippen molar-refractivity contribution < 1.29 is 19.2 Å². The molecule has 1 amide bonds. The molecule has 2 aromatic rings. The quantitative estimate of drug-likeness (QED) is 0.466. The molecule has 0 aliphatic rings. The van der Waals surface area contributed by atoms with Crippen LogP contribution < -0.4 is 5.32 Å². The minimum absolute atomic E-state index is 0.0620. The van der Waals surface area contributed by atoms with Gasteiger partial charge in [0, 0.05) is 11.8 Å². The zero-order valence-corrected chi connectivity index (χ0v) is 14.9. The van der Waals surface area contributed by atoms with Gasteiger partial charge in [-0.25, -0.2) is 4.79 Å². The molecule has 26 heavy (non-hydrogen) atoms. The number of benzene rings is 2. The Bertz CT molecular complexity index is 836. The SMILES string of the molecule is CCc1ccc(NC(=O)[C@H](C)OC(=O)c2ccc(Cl)c([N+](=O)[O-])c2)cc1. The number of anilines is 1. The molecule has 0 bridgehead atoms. The molecule has 136 valence electrons.